The molecule has 29 heavy (non-hydrogen) atoms. The van der Waals surface area contributed by atoms with Gasteiger partial charge < -0.3 is 24.2 Å². The molecule has 2 aromatic rings. The van der Waals surface area contributed by atoms with Crippen molar-refractivity contribution in [1.82, 2.24) is 14.8 Å². The molecule has 7 heteroatoms. The summed E-state index contributed by atoms with van der Waals surface area (Å²) in [6, 6.07) is 13.5. The lowest BCUT2D eigenvalue weighted by Gasteiger charge is -2.35. The highest BCUT2D eigenvalue weighted by Crippen LogP contribution is 2.17. The first-order chi connectivity index (χ1) is 14.2. The molecule has 0 N–H and O–H groups in total. The fourth-order valence-corrected chi connectivity index (χ4v) is 3.27. The van der Waals surface area contributed by atoms with Crippen LogP contribution in [0, 0.1) is 0 Å². The summed E-state index contributed by atoms with van der Waals surface area (Å²) in [4.78, 5) is 23.2. The van der Waals surface area contributed by atoms with E-state index < -0.39 is 0 Å². The lowest BCUT2D eigenvalue weighted by molar-refractivity contribution is -0.131. The van der Waals surface area contributed by atoms with E-state index in [9.17, 15) is 4.79 Å². The van der Waals surface area contributed by atoms with Gasteiger partial charge in [-0.1, -0.05) is 6.07 Å². The number of rotatable bonds is 9. The third-order valence-corrected chi connectivity index (χ3v) is 5.11. The Hall–Kier alpha value is -2.80. The Kier molecular flexibility index (Phi) is 7.69. The first-order valence-corrected chi connectivity index (χ1v) is 10.0. The molecule has 0 aliphatic carbocycles. The van der Waals surface area contributed by atoms with Crippen LogP contribution in [0.25, 0.3) is 0 Å². The molecule has 156 valence electrons. The quantitative estimate of drug-likeness (QED) is 0.645. The van der Waals surface area contributed by atoms with Crippen molar-refractivity contribution in [2.75, 3.05) is 64.9 Å². The molecule has 7 nitrogen and oxygen atoms in total. The number of amides is 1. The van der Waals surface area contributed by atoms with Gasteiger partial charge in [-0.3, -0.25) is 4.79 Å². The van der Waals surface area contributed by atoms with Gasteiger partial charge in [-0.05, 0) is 43.4 Å². The Bertz CT molecular complexity index is 746. The topological polar surface area (TPSA) is 58.1 Å². The van der Waals surface area contributed by atoms with Crippen molar-refractivity contribution < 1.29 is 14.3 Å². The minimum Gasteiger partial charge on any atom is -0.497 e. The van der Waals surface area contributed by atoms with Crippen LogP contribution < -0.4 is 14.4 Å². The molecule has 1 aliphatic heterocycles. The smallest absolute Gasteiger partial charge is 0.223 e. The highest BCUT2D eigenvalue weighted by atomic mass is 16.5. The van der Waals surface area contributed by atoms with Crippen molar-refractivity contribution in [3.05, 3.63) is 48.7 Å². The summed E-state index contributed by atoms with van der Waals surface area (Å²) in [6.07, 6.45) is 2.34. The van der Waals surface area contributed by atoms with E-state index in [-0.39, 0.29) is 5.91 Å². The van der Waals surface area contributed by atoms with Gasteiger partial charge in [0.15, 0.2) is 0 Å². The maximum Gasteiger partial charge on any atom is 0.223 e. The van der Waals surface area contributed by atoms with Crippen LogP contribution in [-0.4, -0.2) is 80.7 Å². The molecule has 0 bridgehead atoms. The molecule has 0 spiro atoms. The van der Waals surface area contributed by atoms with Crippen molar-refractivity contribution in [1.29, 1.82) is 0 Å². The number of hydrogen-bond acceptors (Lipinski definition) is 6. The summed E-state index contributed by atoms with van der Waals surface area (Å²) in [5.41, 5.74) is 0. The van der Waals surface area contributed by atoms with E-state index in [1.807, 2.05) is 54.4 Å². The molecule has 3 rings (SSSR count). The minimum atomic E-state index is 0.216. The first-order valence-electron chi connectivity index (χ1n) is 10.0. The summed E-state index contributed by atoms with van der Waals surface area (Å²) in [7, 11) is 3.66. The molecular weight excluding hydrogens is 368 g/mol. The van der Waals surface area contributed by atoms with Crippen molar-refractivity contribution in [3.8, 4) is 11.5 Å². The van der Waals surface area contributed by atoms with Crippen LogP contribution in [0.15, 0.2) is 48.7 Å². The van der Waals surface area contributed by atoms with E-state index in [0.717, 1.165) is 56.6 Å². The number of aromatic nitrogens is 1. The average Bonchev–Trinajstić information content (AvgIpc) is 2.78. The number of carbonyl (C=O) groups is 1. The van der Waals surface area contributed by atoms with Crippen molar-refractivity contribution >= 4 is 11.7 Å². The molecule has 0 atom stereocenters. The first kappa shape index (κ1) is 20.9. The second kappa shape index (κ2) is 10.7. The van der Waals surface area contributed by atoms with Crippen LogP contribution >= 0.6 is 0 Å². The predicted molar refractivity (Wildman–Crippen MR) is 114 cm³/mol. The number of pyridine rings is 1. The van der Waals surface area contributed by atoms with Crippen LogP contribution in [-0.2, 0) is 4.79 Å². The van der Waals surface area contributed by atoms with Gasteiger partial charge in [0.25, 0.3) is 0 Å². The number of nitrogens with zero attached hydrogens (tertiary/aromatic N) is 4. The lowest BCUT2D eigenvalue weighted by atomic mass is 10.2. The van der Waals surface area contributed by atoms with E-state index in [2.05, 4.69) is 14.8 Å². The van der Waals surface area contributed by atoms with Crippen molar-refractivity contribution in [2.45, 2.75) is 6.42 Å². The zero-order valence-corrected chi connectivity index (χ0v) is 17.3. The van der Waals surface area contributed by atoms with Gasteiger partial charge >= 0.3 is 0 Å². The van der Waals surface area contributed by atoms with Crippen molar-refractivity contribution in [3.63, 3.8) is 0 Å². The van der Waals surface area contributed by atoms with Crippen LogP contribution in [0.1, 0.15) is 6.42 Å². The summed E-state index contributed by atoms with van der Waals surface area (Å²) < 4.78 is 10.9. The van der Waals surface area contributed by atoms with E-state index in [1.165, 1.54) is 0 Å². The molecule has 2 heterocycles. The van der Waals surface area contributed by atoms with E-state index in [4.69, 9.17) is 9.47 Å². The molecule has 1 fully saturated rings. The number of methoxy groups -OCH3 is 1. The SMILES string of the molecule is COc1ccc(OCCN(C)CCC(=O)N2CCN(c3ccccn3)CC2)cc1. The molecule has 1 aliphatic rings. The molecule has 0 radical (unpaired) electrons. The van der Waals surface area contributed by atoms with Gasteiger partial charge in [0.2, 0.25) is 5.91 Å². The van der Waals surface area contributed by atoms with Crippen molar-refractivity contribution in [2.24, 2.45) is 0 Å². The molecule has 0 unspecified atom stereocenters. The Morgan fingerprint density at radius 1 is 1.03 bits per heavy atom. The Morgan fingerprint density at radius 3 is 2.41 bits per heavy atom. The highest BCUT2D eigenvalue weighted by molar-refractivity contribution is 5.76. The molecule has 1 saturated heterocycles. The predicted octanol–water partition coefficient (Wildman–Crippen LogP) is 2.14. The molecule has 0 saturated carbocycles. The standard InChI is InChI=1S/C22H30N4O3/c1-24(17-18-29-20-8-6-19(28-2)7-9-20)12-10-22(27)26-15-13-25(14-16-26)21-5-3-4-11-23-21/h3-9,11H,10,12-18H2,1-2H3. The number of piperazine rings is 1. The van der Waals surface area contributed by atoms with Crippen LogP contribution in [0.4, 0.5) is 5.82 Å². The fourth-order valence-electron chi connectivity index (χ4n) is 3.27. The van der Waals surface area contributed by atoms with Gasteiger partial charge in [-0.15, -0.1) is 0 Å². The van der Waals surface area contributed by atoms with E-state index in [0.29, 0.717) is 13.0 Å². The normalized spacial score (nSPS) is 14.2. The van der Waals surface area contributed by atoms with Crippen LogP contribution in [0.3, 0.4) is 0 Å². The van der Waals surface area contributed by atoms with Crippen LogP contribution in [0.5, 0.6) is 11.5 Å². The molecular formula is C22H30N4O3. The van der Waals surface area contributed by atoms with Gasteiger partial charge in [-0.25, -0.2) is 4.98 Å². The summed E-state index contributed by atoms with van der Waals surface area (Å²) in [6.45, 7) is 5.24. The van der Waals surface area contributed by atoms with E-state index >= 15 is 0 Å². The Labute approximate surface area is 172 Å². The monoisotopic (exact) mass is 398 g/mol. The number of anilines is 1. The lowest BCUT2D eigenvalue weighted by Crippen LogP contribution is -2.49. The Balaban J connectivity index is 1.31. The zero-order valence-electron chi connectivity index (χ0n) is 17.3. The number of likely N-dealkylation sites (N-methyl/N-ethyl adjacent to an activating group) is 1. The van der Waals surface area contributed by atoms with Gasteiger partial charge in [0.05, 0.1) is 7.11 Å². The Morgan fingerprint density at radius 2 is 1.76 bits per heavy atom. The second-order valence-electron chi connectivity index (χ2n) is 7.13. The maximum atomic E-state index is 12.5. The zero-order chi connectivity index (χ0) is 20.5. The molecule has 1 aromatic heterocycles. The third kappa shape index (κ3) is 6.35. The van der Waals surface area contributed by atoms with Crippen LogP contribution in [0.2, 0.25) is 0 Å². The molecule has 1 aromatic carbocycles. The largest absolute Gasteiger partial charge is 0.497 e. The number of carbonyl (C=O) groups excluding carboxylic acids is 1. The maximum absolute atomic E-state index is 12.5. The summed E-state index contributed by atoms with van der Waals surface area (Å²) in [5.74, 6) is 2.83. The van der Waals surface area contributed by atoms with Gasteiger partial charge in [0, 0.05) is 51.9 Å². The number of ether oxygens (including phenoxy) is 2. The third-order valence-electron chi connectivity index (χ3n) is 5.11. The summed E-state index contributed by atoms with van der Waals surface area (Å²) >= 11 is 0. The summed E-state index contributed by atoms with van der Waals surface area (Å²) in [5, 5.41) is 0. The molecule has 1 amide bonds. The number of hydrogen-bond donors (Lipinski definition) is 0. The average molecular weight is 399 g/mol. The van der Waals surface area contributed by atoms with Gasteiger partial charge in [0.1, 0.15) is 23.9 Å². The number of benzene rings is 1. The van der Waals surface area contributed by atoms with E-state index in [1.54, 1.807) is 13.3 Å². The minimum absolute atomic E-state index is 0.216. The highest BCUT2D eigenvalue weighted by Gasteiger charge is 2.21. The van der Waals surface area contributed by atoms with Gasteiger partial charge in [-0.2, -0.15) is 0 Å². The second-order valence-corrected chi connectivity index (χ2v) is 7.13. The fraction of sp³-hybridized carbons (Fsp3) is 0.455.